The van der Waals surface area contributed by atoms with E-state index in [-0.39, 0.29) is 24.0 Å². The molecular formula is C16H24N4O2. The lowest BCUT2D eigenvalue weighted by Gasteiger charge is -2.16. The van der Waals surface area contributed by atoms with Gasteiger partial charge in [0.25, 0.3) is 0 Å². The number of carbonyl (C=O) groups excluding carboxylic acids is 2. The van der Waals surface area contributed by atoms with Gasteiger partial charge in [0, 0.05) is 24.2 Å². The number of anilines is 1. The Bertz CT molecular complexity index is 523. The Balaban J connectivity index is 1.84. The van der Waals surface area contributed by atoms with E-state index in [0.29, 0.717) is 12.5 Å². The van der Waals surface area contributed by atoms with Crippen LogP contribution < -0.4 is 21.7 Å². The van der Waals surface area contributed by atoms with Gasteiger partial charge in [-0.05, 0) is 44.4 Å². The van der Waals surface area contributed by atoms with Gasteiger partial charge < -0.3 is 21.7 Å². The SMILES string of the molecule is CC(N)CC(=O)NC(C)c1ccc(NC(=O)NC2CC2)cc1. The Labute approximate surface area is 130 Å². The molecule has 0 saturated heterocycles. The first-order valence-electron chi connectivity index (χ1n) is 7.66. The summed E-state index contributed by atoms with van der Waals surface area (Å²) in [4.78, 5) is 23.3. The molecule has 3 amide bonds. The average Bonchev–Trinajstić information content (AvgIpc) is 3.22. The molecule has 22 heavy (non-hydrogen) atoms. The smallest absolute Gasteiger partial charge is 0.319 e. The molecule has 0 radical (unpaired) electrons. The van der Waals surface area contributed by atoms with E-state index < -0.39 is 0 Å². The van der Waals surface area contributed by atoms with Crippen LogP contribution in [0.15, 0.2) is 24.3 Å². The van der Waals surface area contributed by atoms with Crippen LogP contribution in [-0.4, -0.2) is 24.0 Å². The van der Waals surface area contributed by atoms with Gasteiger partial charge in [0.05, 0.1) is 6.04 Å². The zero-order chi connectivity index (χ0) is 16.1. The van der Waals surface area contributed by atoms with Crippen LogP contribution in [0, 0.1) is 0 Å². The van der Waals surface area contributed by atoms with E-state index >= 15 is 0 Å². The third kappa shape index (κ3) is 5.37. The first kappa shape index (κ1) is 16.3. The van der Waals surface area contributed by atoms with Crippen molar-refractivity contribution in [2.45, 2.75) is 51.2 Å². The fourth-order valence-electron chi connectivity index (χ4n) is 2.11. The van der Waals surface area contributed by atoms with Crippen molar-refractivity contribution in [3.05, 3.63) is 29.8 Å². The Morgan fingerprint density at radius 2 is 1.86 bits per heavy atom. The van der Waals surface area contributed by atoms with Crippen molar-refractivity contribution in [3.8, 4) is 0 Å². The van der Waals surface area contributed by atoms with E-state index in [1.54, 1.807) is 6.92 Å². The second-order valence-corrected chi connectivity index (χ2v) is 5.97. The summed E-state index contributed by atoms with van der Waals surface area (Å²) >= 11 is 0. The van der Waals surface area contributed by atoms with E-state index in [0.717, 1.165) is 24.1 Å². The Morgan fingerprint density at radius 3 is 2.41 bits per heavy atom. The summed E-state index contributed by atoms with van der Waals surface area (Å²) in [5.41, 5.74) is 7.32. The monoisotopic (exact) mass is 304 g/mol. The largest absolute Gasteiger partial charge is 0.350 e. The van der Waals surface area contributed by atoms with Gasteiger partial charge >= 0.3 is 6.03 Å². The molecule has 2 unspecified atom stereocenters. The second kappa shape index (κ2) is 7.26. The molecule has 2 rings (SSSR count). The first-order chi connectivity index (χ1) is 10.4. The molecule has 0 aliphatic heterocycles. The number of urea groups is 1. The van der Waals surface area contributed by atoms with E-state index in [1.165, 1.54) is 0 Å². The fourth-order valence-corrected chi connectivity index (χ4v) is 2.11. The highest BCUT2D eigenvalue weighted by molar-refractivity contribution is 5.89. The highest BCUT2D eigenvalue weighted by Gasteiger charge is 2.23. The molecule has 1 aromatic carbocycles. The van der Waals surface area contributed by atoms with Crippen LogP contribution >= 0.6 is 0 Å². The Hall–Kier alpha value is -2.08. The molecule has 1 aromatic rings. The highest BCUT2D eigenvalue weighted by Crippen LogP contribution is 2.19. The van der Waals surface area contributed by atoms with Crippen molar-refractivity contribution in [3.63, 3.8) is 0 Å². The summed E-state index contributed by atoms with van der Waals surface area (Å²) in [7, 11) is 0. The number of amides is 3. The Kier molecular flexibility index (Phi) is 5.38. The predicted octanol–water partition coefficient (Wildman–Crippen LogP) is 1.88. The Morgan fingerprint density at radius 1 is 1.23 bits per heavy atom. The summed E-state index contributed by atoms with van der Waals surface area (Å²) < 4.78 is 0. The van der Waals surface area contributed by atoms with Crippen LogP contribution in [0.1, 0.15) is 44.7 Å². The summed E-state index contributed by atoms with van der Waals surface area (Å²) in [5, 5.41) is 8.56. The quantitative estimate of drug-likeness (QED) is 0.646. The number of hydrogen-bond donors (Lipinski definition) is 4. The number of nitrogens with one attached hydrogen (secondary N) is 3. The van der Waals surface area contributed by atoms with Gasteiger partial charge in [0.1, 0.15) is 0 Å². The average molecular weight is 304 g/mol. The molecule has 0 bridgehead atoms. The summed E-state index contributed by atoms with van der Waals surface area (Å²) in [6.45, 7) is 3.72. The van der Waals surface area contributed by atoms with Crippen LogP contribution in [0.25, 0.3) is 0 Å². The van der Waals surface area contributed by atoms with E-state index in [2.05, 4.69) is 16.0 Å². The lowest BCUT2D eigenvalue weighted by Crippen LogP contribution is -2.31. The molecule has 6 heteroatoms. The van der Waals surface area contributed by atoms with Gasteiger partial charge in [0.2, 0.25) is 5.91 Å². The van der Waals surface area contributed by atoms with E-state index in [9.17, 15) is 9.59 Å². The lowest BCUT2D eigenvalue weighted by molar-refractivity contribution is -0.122. The summed E-state index contributed by atoms with van der Waals surface area (Å²) in [6.07, 6.45) is 2.43. The highest BCUT2D eigenvalue weighted by atomic mass is 16.2. The molecule has 5 N–H and O–H groups in total. The van der Waals surface area contributed by atoms with Crippen molar-refractivity contribution in [2.75, 3.05) is 5.32 Å². The third-order valence-electron chi connectivity index (χ3n) is 3.47. The number of nitrogens with two attached hydrogens (primary N) is 1. The van der Waals surface area contributed by atoms with Crippen molar-refractivity contribution in [2.24, 2.45) is 5.73 Å². The van der Waals surface area contributed by atoms with Gasteiger partial charge in [0.15, 0.2) is 0 Å². The second-order valence-electron chi connectivity index (χ2n) is 5.97. The topological polar surface area (TPSA) is 96.2 Å². The molecule has 6 nitrogen and oxygen atoms in total. The van der Waals surface area contributed by atoms with Gasteiger partial charge in [-0.1, -0.05) is 12.1 Å². The first-order valence-corrected chi connectivity index (χ1v) is 7.66. The number of rotatable bonds is 6. The maximum atomic E-state index is 11.7. The number of benzene rings is 1. The van der Waals surface area contributed by atoms with Gasteiger partial charge in [-0.25, -0.2) is 4.79 Å². The van der Waals surface area contributed by atoms with Gasteiger partial charge in [-0.2, -0.15) is 0 Å². The molecule has 1 aliphatic carbocycles. The van der Waals surface area contributed by atoms with Crippen molar-refractivity contribution in [1.82, 2.24) is 10.6 Å². The maximum absolute atomic E-state index is 11.7. The minimum absolute atomic E-state index is 0.0616. The zero-order valence-corrected chi connectivity index (χ0v) is 13.1. The van der Waals surface area contributed by atoms with Crippen molar-refractivity contribution >= 4 is 17.6 Å². The molecule has 1 saturated carbocycles. The molecule has 2 atom stereocenters. The van der Waals surface area contributed by atoms with Crippen LogP contribution in [0.4, 0.5) is 10.5 Å². The van der Waals surface area contributed by atoms with Crippen LogP contribution in [0.5, 0.6) is 0 Å². The van der Waals surface area contributed by atoms with Crippen LogP contribution in [0.3, 0.4) is 0 Å². The third-order valence-corrected chi connectivity index (χ3v) is 3.47. The van der Waals surface area contributed by atoms with Crippen molar-refractivity contribution < 1.29 is 9.59 Å². The molecule has 120 valence electrons. The maximum Gasteiger partial charge on any atom is 0.319 e. The van der Waals surface area contributed by atoms with Crippen LogP contribution in [-0.2, 0) is 4.79 Å². The summed E-state index contributed by atoms with van der Waals surface area (Å²) in [5.74, 6) is -0.0616. The van der Waals surface area contributed by atoms with Gasteiger partial charge in [-0.3, -0.25) is 4.79 Å². The molecular weight excluding hydrogens is 280 g/mol. The minimum Gasteiger partial charge on any atom is -0.350 e. The van der Waals surface area contributed by atoms with Crippen LogP contribution in [0.2, 0.25) is 0 Å². The molecule has 1 fully saturated rings. The summed E-state index contributed by atoms with van der Waals surface area (Å²) in [6, 6.07) is 7.36. The normalized spacial score (nSPS) is 16.5. The fraction of sp³-hybridized carbons (Fsp3) is 0.500. The minimum atomic E-state index is -0.173. The van der Waals surface area contributed by atoms with Crippen molar-refractivity contribution in [1.29, 1.82) is 0 Å². The number of carbonyl (C=O) groups is 2. The molecule has 0 aromatic heterocycles. The standard InChI is InChI=1S/C16H24N4O2/c1-10(17)9-15(21)18-11(2)12-3-5-13(6-4-12)19-16(22)20-14-7-8-14/h3-6,10-11,14H,7-9,17H2,1-2H3,(H,18,21)(H2,19,20,22). The van der Waals surface area contributed by atoms with E-state index in [1.807, 2.05) is 31.2 Å². The predicted molar refractivity (Wildman–Crippen MR) is 86.4 cm³/mol. The zero-order valence-electron chi connectivity index (χ0n) is 13.1. The van der Waals surface area contributed by atoms with Gasteiger partial charge in [-0.15, -0.1) is 0 Å². The van der Waals surface area contributed by atoms with E-state index in [4.69, 9.17) is 5.73 Å². The lowest BCUT2D eigenvalue weighted by atomic mass is 10.1. The molecule has 1 aliphatic rings. The molecule has 0 spiro atoms. The number of hydrogen-bond acceptors (Lipinski definition) is 3. The molecule has 0 heterocycles.